The smallest absolute Gasteiger partial charge is 0.161 e. The predicted molar refractivity (Wildman–Crippen MR) is 72.0 cm³/mol. The molecule has 4 heteroatoms. The second kappa shape index (κ2) is 7.95. The molecule has 4 nitrogen and oxygen atoms in total. The average Bonchev–Trinajstić information content (AvgIpc) is 2.38. The van der Waals surface area contributed by atoms with Gasteiger partial charge in [0.25, 0.3) is 0 Å². The van der Waals surface area contributed by atoms with Crippen molar-refractivity contribution in [1.29, 1.82) is 0 Å². The number of methoxy groups -OCH3 is 1. The highest BCUT2D eigenvalue weighted by atomic mass is 16.5. The first-order valence-corrected chi connectivity index (χ1v) is 6.36. The molecule has 0 aliphatic heterocycles. The number of ether oxygens (including phenoxy) is 2. The van der Waals surface area contributed by atoms with E-state index in [1.54, 1.807) is 7.11 Å². The first-order chi connectivity index (χ1) is 8.69. The maximum Gasteiger partial charge on any atom is 0.161 e. The summed E-state index contributed by atoms with van der Waals surface area (Å²) in [5.41, 5.74) is 6.85. The van der Waals surface area contributed by atoms with Crippen molar-refractivity contribution in [2.45, 2.75) is 32.2 Å². The molecule has 1 atom stereocenters. The van der Waals surface area contributed by atoms with Crippen molar-refractivity contribution in [1.82, 2.24) is 0 Å². The summed E-state index contributed by atoms with van der Waals surface area (Å²) in [6.07, 6.45) is 2.72. The lowest BCUT2D eigenvalue weighted by Gasteiger charge is -2.13. The second-order valence-corrected chi connectivity index (χ2v) is 4.33. The summed E-state index contributed by atoms with van der Waals surface area (Å²) >= 11 is 0. The number of nitrogens with two attached hydrogens (primary N) is 1. The van der Waals surface area contributed by atoms with Gasteiger partial charge in [-0.05, 0) is 43.9 Å². The summed E-state index contributed by atoms with van der Waals surface area (Å²) in [6, 6.07) is 5.74. The maximum atomic E-state index is 8.67. The molecule has 0 bridgehead atoms. The van der Waals surface area contributed by atoms with Crippen molar-refractivity contribution in [2.75, 3.05) is 20.3 Å². The van der Waals surface area contributed by atoms with Gasteiger partial charge in [0.2, 0.25) is 0 Å². The van der Waals surface area contributed by atoms with Crippen molar-refractivity contribution in [3.63, 3.8) is 0 Å². The zero-order chi connectivity index (χ0) is 13.4. The Balaban J connectivity index is 2.54. The second-order valence-electron chi connectivity index (χ2n) is 4.33. The first kappa shape index (κ1) is 14.8. The maximum absolute atomic E-state index is 8.67. The molecule has 3 N–H and O–H groups in total. The summed E-state index contributed by atoms with van der Waals surface area (Å²) in [5.74, 6) is 1.46. The molecule has 0 fully saturated rings. The van der Waals surface area contributed by atoms with Crippen LogP contribution in [-0.4, -0.2) is 25.4 Å². The lowest BCUT2D eigenvalue weighted by atomic mass is 10.1. The van der Waals surface area contributed by atoms with Crippen molar-refractivity contribution in [3.05, 3.63) is 23.8 Å². The molecule has 0 aliphatic carbocycles. The van der Waals surface area contributed by atoms with Crippen LogP contribution in [0.1, 0.15) is 37.8 Å². The Labute approximate surface area is 109 Å². The van der Waals surface area contributed by atoms with E-state index in [0.29, 0.717) is 12.4 Å². The number of hydrogen-bond donors (Lipinski definition) is 2. The minimum Gasteiger partial charge on any atom is -0.493 e. The monoisotopic (exact) mass is 253 g/mol. The van der Waals surface area contributed by atoms with Gasteiger partial charge in [-0.1, -0.05) is 6.07 Å². The topological polar surface area (TPSA) is 64.7 Å². The summed E-state index contributed by atoms with van der Waals surface area (Å²) in [4.78, 5) is 0. The number of aliphatic hydroxyl groups is 1. The molecule has 0 amide bonds. The molecule has 1 aromatic rings. The summed E-state index contributed by atoms with van der Waals surface area (Å²) in [5, 5.41) is 8.67. The Morgan fingerprint density at radius 2 is 2.00 bits per heavy atom. The zero-order valence-electron chi connectivity index (χ0n) is 11.2. The first-order valence-electron chi connectivity index (χ1n) is 6.36. The normalized spacial score (nSPS) is 12.2. The van der Waals surface area contributed by atoms with E-state index in [4.69, 9.17) is 20.3 Å². The fraction of sp³-hybridized carbons (Fsp3) is 0.571. The molecule has 0 unspecified atom stereocenters. The Morgan fingerprint density at radius 1 is 1.22 bits per heavy atom. The number of unbranched alkanes of at least 4 members (excludes halogenated alkanes) is 2. The van der Waals surface area contributed by atoms with E-state index >= 15 is 0 Å². The van der Waals surface area contributed by atoms with Crippen molar-refractivity contribution < 1.29 is 14.6 Å². The molecule has 0 heterocycles. The van der Waals surface area contributed by atoms with E-state index in [1.807, 2.05) is 25.1 Å². The van der Waals surface area contributed by atoms with Crippen LogP contribution >= 0.6 is 0 Å². The quantitative estimate of drug-likeness (QED) is 0.697. The van der Waals surface area contributed by atoms with E-state index < -0.39 is 0 Å². The Kier molecular flexibility index (Phi) is 6.54. The van der Waals surface area contributed by atoms with Crippen molar-refractivity contribution >= 4 is 0 Å². The van der Waals surface area contributed by atoms with E-state index in [2.05, 4.69) is 0 Å². The van der Waals surface area contributed by atoms with Crippen LogP contribution in [-0.2, 0) is 0 Å². The van der Waals surface area contributed by atoms with Gasteiger partial charge in [-0.25, -0.2) is 0 Å². The van der Waals surface area contributed by atoms with E-state index in [1.165, 1.54) is 0 Å². The van der Waals surface area contributed by atoms with Crippen LogP contribution in [0.4, 0.5) is 0 Å². The number of rotatable bonds is 8. The molecule has 1 rings (SSSR count). The highest BCUT2D eigenvalue weighted by Gasteiger charge is 2.07. The van der Waals surface area contributed by atoms with Crippen LogP contribution in [0.2, 0.25) is 0 Å². The molecule has 0 saturated carbocycles. The standard InChI is InChI=1S/C14H23NO3/c1-11(15)12-6-7-13(14(10-12)17-2)18-9-5-3-4-8-16/h6-7,10-11,16H,3-5,8-9,15H2,1-2H3/t11-/m1/s1. The number of aliphatic hydroxyl groups excluding tert-OH is 1. The van der Waals surface area contributed by atoms with Gasteiger partial charge in [-0.3, -0.25) is 0 Å². The van der Waals surface area contributed by atoms with Gasteiger partial charge in [0, 0.05) is 12.6 Å². The molecule has 18 heavy (non-hydrogen) atoms. The molecule has 1 aromatic carbocycles. The Bertz CT molecular complexity index is 353. The van der Waals surface area contributed by atoms with E-state index in [0.717, 1.165) is 30.6 Å². The summed E-state index contributed by atoms with van der Waals surface area (Å²) < 4.78 is 11.0. The largest absolute Gasteiger partial charge is 0.493 e. The lowest BCUT2D eigenvalue weighted by molar-refractivity contribution is 0.260. The molecule has 102 valence electrons. The molecule has 0 radical (unpaired) electrons. The third kappa shape index (κ3) is 4.55. The van der Waals surface area contributed by atoms with E-state index in [-0.39, 0.29) is 12.6 Å². The third-order valence-corrected chi connectivity index (χ3v) is 2.77. The zero-order valence-corrected chi connectivity index (χ0v) is 11.2. The summed E-state index contributed by atoms with van der Waals surface area (Å²) in [6.45, 7) is 2.81. The van der Waals surface area contributed by atoms with Gasteiger partial charge < -0.3 is 20.3 Å². The fourth-order valence-corrected chi connectivity index (χ4v) is 1.66. The number of benzene rings is 1. The van der Waals surface area contributed by atoms with Gasteiger partial charge in [0.05, 0.1) is 13.7 Å². The van der Waals surface area contributed by atoms with Gasteiger partial charge in [-0.15, -0.1) is 0 Å². The van der Waals surface area contributed by atoms with Crippen molar-refractivity contribution in [3.8, 4) is 11.5 Å². The molecular weight excluding hydrogens is 230 g/mol. The molecular formula is C14H23NO3. The van der Waals surface area contributed by atoms with Crippen LogP contribution in [0.15, 0.2) is 18.2 Å². The fourth-order valence-electron chi connectivity index (χ4n) is 1.66. The van der Waals surface area contributed by atoms with Crippen LogP contribution in [0.5, 0.6) is 11.5 Å². The van der Waals surface area contributed by atoms with E-state index in [9.17, 15) is 0 Å². The predicted octanol–water partition coefficient (Wildman–Crippen LogP) is 2.26. The van der Waals surface area contributed by atoms with Crippen LogP contribution < -0.4 is 15.2 Å². The lowest BCUT2D eigenvalue weighted by Crippen LogP contribution is -2.06. The van der Waals surface area contributed by atoms with Gasteiger partial charge in [0.1, 0.15) is 0 Å². The van der Waals surface area contributed by atoms with Crippen LogP contribution in [0.3, 0.4) is 0 Å². The minimum absolute atomic E-state index is 0.0162. The Morgan fingerprint density at radius 3 is 2.61 bits per heavy atom. The molecule has 0 spiro atoms. The van der Waals surface area contributed by atoms with Crippen LogP contribution in [0.25, 0.3) is 0 Å². The molecule has 0 saturated heterocycles. The Hall–Kier alpha value is -1.26. The highest BCUT2D eigenvalue weighted by Crippen LogP contribution is 2.29. The third-order valence-electron chi connectivity index (χ3n) is 2.77. The SMILES string of the molecule is COc1cc([C@@H](C)N)ccc1OCCCCCO. The number of hydrogen-bond acceptors (Lipinski definition) is 4. The average molecular weight is 253 g/mol. The van der Waals surface area contributed by atoms with Gasteiger partial charge >= 0.3 is 0 Å². The summed E-state index contributed by atoms with van der Waals surface area (Å²) in [7, 11) is 1.62. The molecule has 0 aliphatic rings. The van der Waals surface area contributed by atoms with Gasteiger partial charge in [0.15, 0.2) is 11.5 Å². The minimum atomic E-state index is -0.0162. The molecule has 0 aromatic heterocycles. The van der Waals surface area contributed by atoms with Crippen molar-refractivity contribution in [2.24, 2.45) is 5.73 Å². The highest BCUT2D eigenvalue weighted by molar-refractivity contribution is 5.43. The van der Waals surface area contributed by atoms with Crippen LogP contribution in [0, 0.1) is 0 Å². The van der Waals surface area contributed by atoms with Gasteiger partial charge in [-0.2, -0.15) is 0 Å².